The predicted octanol–water partition coefficient (Wildman–Crippen LogP) is 1.72. The van der Waals surface area contributed by atoms with Crippen LogP contribution in [0.5, 0.6) is 0 Å². The lowest BCUT2D eigenvalue weighted by atomic mass is 10.1. The molecule has 2 N–H and O–H groups in total. The van der Waals surface area contributed by atoms with Crippen LogP contribution in [0.4, 0.5) is 0 Å². The minimum Gasteiger partial charge on any atom is -0.480 e. The summed E-state index contributed by atoms with van der Waals surface area (Å²) in [6.45, 7) is 8.96. The van der Waals surface area contributed by atoms with Crippen LogP contribution in [-0.2, 0) is 19.1 Å². The molecule has 0 aromatic heterocycles. The zero-order chi connectivity index (χ0) is 15.9. The molecule has 1 amide bonds. The van der Waals surface area contributed by atoms with E-state index in [2.05, 4.69) is 5.32 Å². The van der Waals surface area contributed by atoms with E-state index in [1.165, 1.54) is 0 Å². The quantitative estimate of drug-likeness (QED) is 0.695. The van der Waals surface area contributed by atoms with E-state index in [4.69, 9.17) is 9.84 Å². The van der Waals surface area contributed by atoms with Crippen LogP contribution < -0.4 is 5.32 Å². The molecule has 0 unspecified atom stereocenters. The molecule has 0 rings (SSSR count). The fourth-order valence-electron chi connectivity index (χ4n) is 1.54. The Morgan fingerprint density at radius 1 is 1.20 bits per heavy atom. The molecule has 0 aromatic carbocycles. The van der Waals surface area contributed by atoms with Crippen LogP contribution in [-0.4, -0.2) is 34.6 Å². The Labute approximate surface area is 119 Å². The second-order valence-corrected chi connectivity index (χ2v) is 6.18. The third-order valence-electron chi connectivity index (χ3n) is 2.28. The van der Waals surface area contributed by atoms with Gasteiger partial charge in [0.15, 0.2) is 0 Å². The Morgan fingerprint density at radius 2 is 1.75 bits per heavy atom. The highest BCUT2D eigenvalue weighted by atomic mass is 16.6. The number of ether oxygens (including phenoxy) is 1. The maximum atomic E-state index is 11.6. The molecule has 0 radical (unpaired) electrons. The molecule has 0 aromatic rings. The van der Waals surface area contributed by atoms with Crippen molar-refractivity contribution in [3.63, 3.8) is 0 Å². The highest BCUT2D eigenvalue weighted by Gasteiger charge is 2.23. The minimum absolute atomic E-state index is 0.0219. The van der Waals surface area contributed by atoms with Crippen molar-refractivity contribution in [3.8, 4) is 0 Å². The van der Waals surface area contributed by atoms with E-state index in [0.29, 0.717) is 0 Å². The van der Waals surface area contributed by atoms with Gasteiger partial charge in [-0.2, -0.15) is 0 Å². The van der Waals surface area contributed by atoms with E-state index in [0.717, 1.165) is 0 Å². The first kappa shape index (κ1) is 18.4. The van der Waals surface area contributed by atoms with Gasteiger partial charge in [-0.15, -0.1) is 0 Å². The van der Waals surface area contributed by atoms with Crippen molar-refractivity contribution >= 4 is 17.8 Å². The number of hydrogen-bond acceptors (Lipinski definition) is 4. The summed E-state index contributed by atoms with van der Waals surface area (Å²) in [7, 11) is 0. The number of carbonyl (C=O) groups excluding carboxylic acids is 2. The van der Waals surface area contributed by atoms with Crippen LogP contribution in [0.25, 0.3) is 0 Å². The summed E-state index contributed by atoms with van der Waals surface area (Å²) < 4.78 is 5.09. The molecular weight excluding hydrogens is 262 g/mol. The van der Waals surface area contributed by atoms with Gasteiger partial charge in [0.05, 0.1) is 0 Å². The molecule has 0 aliphatic heterocycles. The van der Waals surface area contributed by atoms with E-state index < -0.39 is 23.6 Å². The van der Waals surface area contributed by atoms with E-state index in [-0.39, 0.29) is 31.1 Å². The molecule has 20 heavy (non-hydrogen) atoms. The van der Waals surface area contributed by atoms with Crippen molar-refractivity contribution in [1.29, 1.82) is 0 Å². The molecule has 0 spiro atoms. The monoisotopic (exact) mass is 287 g/mol. The average Bonchev–Trinajstić information content (AvgIpc) is 2.19. The van der Waals surface area contributed by atoms with Gasteiger partial charge in [-0.1, -0.05) is 13.8 Å². The van der Waals surface area contributed by atoms with Gasteiger partial charge in [0.25, 0.3) is 0 Å². The number of hydrogen-bond donors (Lipinski definition) is 2. The summed E-state index contributed by atoms with van der Waals surface area (Å²) in [5.41, 5.74) is -0.601. The molecule has 0 saturated carbocycles. The summed E-state index contributed by atoms with van der Waals surface area (Å²) in [6, 6.07) is -1.06. The third-order valence-corrected chi connectivity index (χ3v) is 2.28. The van der Waals surface area contributed by atoms with Gasteiger partial charge < -0.3 is 15.2 Å². The molecule has 0 aliphatic carbocycles. The standard InChI is InChI=1S/C14H25NO5/c1-9(2)8-11(16)15-10(13(18)19)6-7-12(17)20-14(3,4)5/h9-10H,6-8H2,1-5H3,(H,15,16)(H,18,19)/t10-/m1/s1. The highest BCUT2D eigenvalue weighted by molar-refractivity contribution is 5.84. The molecule has 6 heteroatoms. The summed E-state index contributed by atoms with van der Waals surface area (Å²) in [4.78, 5) is 34.1. The first-order chi connectivity index (χ1) is 9.01. The molecule has 0 bridgehead atoms. The average molecular weight is 287 g/mol. The van der Waals surface area contributed by atoms with Crippen molar-refractivity contribution in [2.75, 3.05) is 0 Å². The number of aliphatic carboxylic acids is 1. The van der Waals surface area contributed by atoms with Gasteiger partial charge in [0, 0.05) is 12.8 Å². The molecule has 6 nitrogen and oxygen atoms in total. The molecule has 1 atom stereocenters. The van der Waals surface area contributed by atoms with Gasteiger partial charge >= 0.3 is 11.9 Å². The van der Waals surface area contributed by atoms with Crippen LogP contribution in [0.2, 0.25) is 0 Å². The molecule has 0 saturated heterocycles. The maximum absolute atomic E-state index is 11.6. The fourth-order valence-corrected chi connectivity index (χ4v) is 1.54. The molecule has 0 aliphatic rings. The first-order valence-corrected chi connectivity index (χ1v) is 6.75. The normalized spacial score (nSPS) is 12.9. The van der Waals surface area contributed by atoms with Gasteiger partial charge in [0.2, 0.25) is 5.91 Å². The Morgan fingerprint density at radius 3 is 2.15 bits per heavy atom. The second kappa shape index (κ2) is 7.87. The van der Waals surface area contributed by atoms with Crippen molar-refractivity contribution in [2.45, 2.75) is 65.5 Å². The second-order valence-electron chi connectivity index (χ2n) is 6.18. The van der Waals surface area contributed by atoms with Gasteiger partial charge in [0.1, 0.15) is 11.6 Å². The Hall–Kier alpha value is -1.59. The van der Waals surface area contributed by atoms with Crippen LogP contribution in [0, 0.1) is 5.92 Å². The summed E-state index contributed by atoms with van der Waals surface area (Å²) in [5, 5.41) is 11.5. The van der Waals surface area contributed by atoms with Crippen LogP contribution in [0.3, 0.4) is 0 Å². The molecule has 0 heterocycles. The van der Waals surface area contributed by atoms with Crippen molar-refractivity contribution in [2.24, 2.45) is 5.92 Å². The van der Waals surface area contributed by atoms with Crippen molar-refractivity contribution in [3.05, 3.63) is 0 Å². The Balaban J connectivity index is 4.32. The fraction of sp³-hybridized carbons (Fsp3) is 0.786. The number of carboxylic acids is 1. The lowest BCUT2D eigenvalue weighted by molar-refractivity contribution is -0.155. The zero-order valence-corrected chi connectivity index (χ0v) is 12.9. The van der Waals surface area contributed by atoms with E-state index in [1.54, 1.807) is 20.8 Å². The highest BCUT2D eigenvalue weighted by Crippen LogP contribution is 2.10. The summed E-state index contributed by atoms with van der Waals surface area (Å²) >= 11 is 0. The largest absolute Gasteiger partial charge is 0.480 e. The maximum Gasteiger partial charge on any atom is 0.326 e. The number of amides is 1. The van der Waals surface area contributed by atoms with Crippen molar-refractivity contribution in [1.82, 2.24) is 5.32 Å². The van der Waals surface area contributed by atoms with Crippen LogP contribution in [0.1, 0.15) is 53.9 Å². The van der Waals surface area contributed by atoms with Crippen LogP contribution in [0.15, 0.2) is 0 Å². The number of carbonyl (C=O) groups is 3. The number of esters is 1. The minimum atomic E-state index is -1.15. The topological polar surface area (TPSA) is 92.7 Å². The molecular formula is C14H25NO5. The first-order valence-electron chi connectivity index (χ1n) is 6.75. The van der Waals surface area contributed by atoms with E-state index in [9.17, 15) is 14.4 Å². The zero-order valence-electron chi connectivity index (χ0n) is 12.9. The van der Waals surface area contributed by atoms with E-state index >= 15 is 0 Å². The van der Waals surface area contributed by atoms with Crippen molar-refractivity contribution < 1.29 is 24.2 Å². The van der Waals surface area contributed by atoms with Gasteiger partial charge in [-0.05, 0) is 33.1 Å². The van der Waals surface area contributed by atoms with Crippen LogP contribution >= 0.6 is 0 Å². The molecule has 0 fully saturated rings. The summed E-state index contributed by atoms with van der Waals surface area (Å²) in [6.07, 6.45) is 0.237. The predicted molar refractivity (Wildman–Crippen MR) is 74.1 cm³/mol. The lowest BCUT2D eigenvalue weighted by Crippen LogP contribution is -2.41. The van der Waals surface area contributed by atoms with Gasteiger partial charge in [-0.25, -0.2) is 4.79 Å². The Bertz CT molecular complexity index is 357. The third kappa shape index (κ3) is 9.35. The van der Waals surface area contributed by atoms with E-state index in [1.807, 2.05) is 13.8 Å². The number of carboxylic acid groups (broad SMARTS) is 1. The Kier molecular flexibility index (Phi) is 7.24. The smallest absolute Gasteiger partial charge is 0.326 e. The van der Waals surface area contributed by atoms with Gasteiger partial charge in [-0.3, -0.25) is 9.59 Å². The number of rotatable bonds is 7. The SMILES string of the molecule is CC(C)CC(=O)N[C@H](CCC(=O)OC(C)(C)C)C(=O)O. The summed E-state index contributed by atoms with van der Waals surface area (Å²) in [5.74, 6) is -1.79. The lowest BCUT2D eigenvalue weighted by Gasteiger charge is -2.20. The number of nitrogens with one attached hydrogen (secondary N) is 1. The molecule has 116 valence electrons.